The lowest BCUT2D eigenvalue weighted by atomic mass is 9.98. The molecule has 0 aromatic rings. The van der Waals surface area contributed by atoms with Gasteiger partial charge in [-0.2, -0.15) is 0 Å². The lowest BCUT2D eigenvalue weighted by molar-refractivity contribution is -0.134. The van der Waals surface area contributed by atoms with Gasteiger partial charge >= 0.3 is 0 Å². The van der Waals surface area contributed by atoms with Gasteiger partial charge in [0.15, 0.2) is 0 Å². The normalized spacial score (nSPS) is 25.2. The highest BCUT2D eigenvalue weighted by Gasteiger charge is 2.25. The molecule has 0 aromatic carbocycles. The fourth-order valence-corrected chi connectivity index (χ4v) is 3.41. The van der Waals surface area contributed by atoms with E-state index >= 15 is 0 Å². The standard InChI is InChI=1S/C16H32N4O/c1-18-9-6-15(7-10-18)19(2)11-12-20(3)16(21)14-5-4-8-17-13-14/h14-15,17H,4-13H2,1-3H3/t14-/m0/s1. The monoisotopic (exact) mass is 296 g/mol. The first-order valence-corrected chi connectivity index (χ1v) is 8.42. The zero-order chi connectivity index (χ0) is 15.2. The zero-order valence-electron chi connectivity index (χ0n) is 14.0. The van der Waals surface area contributed by atoms with Crippen LogP contribution in [-0.4, -0.2) is 87.1 Å². The Morgan fingerprint density at radius 1 is 1.19 bits per heavy atom. The van der Waals surface area contributed by atoms with Crippen molar-refractivity contribution in [1.29, 1.82) is 0 Å². The van der Waals surface area contributed by atoms with Crippen LogP contribution in [0, 0.1) is 5.92 Å². The van der Waals surface area contributed by atoms with Gasteiger partial charge in [-0.1, -0.05) is 0 Å². The lowest BCUT2D eigenvalue weighted by Gasteiger charge is -2.36. The number of amides is 1. The summed E-state index contributed by atoms with van der Waals surface area (Å²) in [5.74, 6) is 0.511. The van der Waals surface area contributed by atoms with Crippen molar-refractivity contribution in [2.75, 3.05) is 60.4 Å². The predicted octanol–water partition coefficient (Wildman–Crippen LogP) is 0.470. The van der Waals surface area contributed by atoms with Crippen LogP contribution in [0.4, 0.5) is 0 Å². The lowest BCUT2D eigenvalue weighted by Crippen LogP contribution is -2.46. The van der Waals surface area contributed by atoms with E-state index in [-0.39, 0.29) is 5.92 Å². The van der Waals surface area contributed by atoms with Crippen LogP contribution in [0.15, 0.2) is 0 Å². The van der Waals surface area contributed by atoms with Gasteiger partial charge in [-0.15, -0.1) is 0 Å². The summed E-state index contributed by atoms with van der Waals surface area (Å²) in [5.41, 5.74) is 0. The Labute approximate surface area is 129 Å². The number of hydrogen-bond donors (Lipinski definition) is 1. The van der Waals surface area contributed by atoms with Crippen LogP contribution in [0.25, 0.3) is 0 Å². The van der Waals surface area contributed by atoms with Crippen molar-refractivity contribution < 1.29 is 4.79 Å². The minimum atomic E-state index is 0.192. The second-order valence-corrected chi connectivity index (χ2v) is 6.82. The number of likely N-dealkylation sites (tertiary alicyclic amines) is 1. The molecule has 2 fully saturated rings. The molecular formula is C16H32N4O. The number of nitrogens with one attached hydrogen (secondary N) is 1. The summed E-state index contributed by atoms with van der Waals surface area (Å²) in [4.78, 5) is 19.2. The summed E-state index contributed by atoms with van der Waals surface area (Å²) in [7, 11) is 6.36. The molecule has 0 aliphatic carbocycles. The maximum Gasteiger partial charge on any atom is 0.226 e. The van der Waals surface area contributed by atoms with E-state index in [9.17, 15) is 4.79 Å². The van der Waals surface area contributed by atoms with Crippen LogP contribution in [0.2, 0.25) is 0 Å². The smallest absolute Gasteiger partial charge is 0.226 e. The molecule has 2 rings (SSSR count). The molecule has 2 heterocycles. The topological polar surface area (TPSA) is 38.8 Å². The Morgan fingerprint density at radius 3 is 2.52 bits per heavy atom. The van der Waals surface area contributed by atoms with E-state index in [1.807, 2.05) is 11.9 Å². The van der Waals surface area contributed by atoms with Gasteiger partial charge in [0.2, 0.25) is 5.91 Å². The van der Waals surface area contributed by atoms with Gasteiger partial charge in [0.05, 0.1) is 5.92 Å². The SMILES string of the molecule is CN1CCC(N(C)CCN(C)C(=O)[C@H]2CCCNC2)CC1. The van der Waals surface area contributed by atoms with Gasteiger partial charge in [0.1, 0.15) is 0 Å². The molecule has 0 unspecified atom stereocenters. The first-order chi connectivity index (χ1) is 10.1. The molecule has 2 aliphatic heterocycles. The molecule has 21 heavy (non-hydrogen) atoms. The highest BCUT2D eigenvalue weighted by Crippen LogP contribution is 2.15. The summed E-state index contributed by atoms with van der Waals surface area (Å²) >= 11 is 0. The first kappa shape index (κ1) is 16.7. The molecule has 0 radical (unpaired) electrons. The van der Waals surface area contributed by atoms with E-state index in [1.54, 1.807) is 0 Å². The molecule has 0 saturated carbocycles. The molecule has 2 saturated heterocycles. The molecule has 1 amide bonds. The summed E-state index contributed by atoms with van der Waals surface area (Å²) in [6.07, 6.45) is 4.66. The Bertz CT molecular complexity index is 322. The van der Waals surface area contributed by atoms with Gasteiger partial charge < -0.3 is 20.0 Å². The summed E-state index contributed by atoms with van der Waals surface area (Å²) in [6.45, 7) is 6.13. The molecule has 5 nitrogen and oxygen atoms in total. The summed E-state index contributed by atoms with van der Waals surface area (Å²) in [6, 6.07) is 0.682. The molecule has 0 spiro atoms. The van der Waals surface area contributed by atoms with Crippen LogP contribution in [0.3, 0.4) is 0 Å². The van der Waals surface area contributed by atoms with Crippen molar-refractivity contribution in [3.8, 4) is 0 Å². The highest BCUT2D eigenvalue weighted by molar-refractivity contribution is 5.78. The number of rotatable bonds is 5. The Kier molecular flexibility index (Phi) is 6.45. The molecule has 122 valence electrons. The van der Waals surface area contributed by atoms with Crippen molar-refractivity contribution >= 4 is 5.91 Å². The van der Waals surface area contributed by atoms with E-state index in [0.29, 0.717) is 11.9 Å². The fourth-order valence-electron chi connectivity index (χ4n) is 3.41. The molecule has 5 heteroatoms. The third-order valence-electron chi connectivity index (χ3n) is 5.12. The molecule has 0 bridgehead atoms. The van der Waals surface area contributed by atoms with Crippen LogP contribution in [0.1, 0.15) is 25.7 Å². The van der Waals surface area contributed by atoms with Crippen molar-refractivity contribution in [1.82, 2.24) is 20.0 Å². The number of likely N-dealkylation sites (N-methyl/N-ethyl adjacent to an activating group) is 2. The molecule has 2 aliphatic rings. The first-order valence-electron chi connectivity index (χ1n) is 8.42. The largest absolute Gasteiger partial charge is 0.344 e. The van der Waals surface area contributed by atoms with Gasteiger partial charge in [-0.3, -0.25) is 4.79 Å². The van der Waals surface area contributed by atoms with Gasteiger partial charge in [-0.05, 0) is 59.4 Å². The number of piperidine rings is 2. The predicted molar refractivity (Wildman–Crippen MR) is 86.4 cm³/mol. The number of nitrogens with zero attached hydrogens (tertiary/aromatic N) is 3. The van der Waals surface area contributed by atoms with Gasteiger partial charge in [0.25, 0.3) is 0 Å². The van der Waals surface area contributed by atoms with E-state index in [1.165, 1.54) is 25.9 Å². The van der Waals surface area contributed by atoms with Crippen molar-refractivity contribution in [3.63, 3.8) is 0 Å². The quantitative estimate of drug-likeness (QED) is 0.800. The summed E-state index contributed by atoms with van der Waals surface area (Å²) in [5, 5.41) is 3.33. The third-order valence-corrected chi connectivity index (χ3v) is 5.12. The van der Waals surface area contributed by atoms with Gasteiger partial charge in [0, 0.05) is 32.7 Å². The zero-order valence-corrected chi connectivity index (χ0v) is 14.0. The minimum absolute atomic E-state index is 0.192. The molecule has 1 atom stereocenters. The van der Waals surface area contributed by atoms with E-state index in [2.05, 4.69) is 29.2 Å². The van der Waals surface area contributed by atoms with Crippen molar-refractivity contribution in [2.24, 2.45) is 5.92 Å². The molecule has 1 N–H and O–H groups in total. The maximum atomic E-state index is 12.4. The van der Waals surface area contributed by atoms with Crippen molar-refractivity contribution in [3.05, 3.63) is 0 Å². The minimum Gasteiger partial charge on any atom is -0.344 e. The van der Waals surface area contributed by atoms with Crippen LogP contribution >= 0.6 is 0 Å². The number of carbonyl (C=O) groups excluding carboxylic acids is 1. The second-order valence-electron chi connectivity index (χ2n) is 6.82. The number of hydrogen-bond acceptors (Lipinski definition) is 4. The van der Waals surface area contributed by atoms with Gasteiger partial charge in [-0.25, -0.2) is 0 Å². The van der Waals surface area contributed by atoms with Crippen LogP contribution in [0.5, 0.6) is 0 Å². The van der Waals surface area contributed by atoms with E-state index < -0.39 is 0 Å². The fraction of sp³-hybridized carbons (Fsp3) is 0.938. The van der Waals surface area contributed by atoms with Crippen LogP contribution in [-0.2, 0) is 4.79 Å². The molecular weight excluding hydrogens is 264 g/mol. The van der Waals surface area contributed by atoms with Crippen molar-refractivity contribution in [2.45, 2.75) is 31.7 Å². The number of carbonyl (C=O) groups is 1. The van der Waals surface area contributed by atoms with Crippen LogP contribution < -0.4 is 5.32 Å². The second kappa shape index (κ2) is 8.11. The maximum absolute atomic E-state index is 12.4. The Morgan fingerprint density at radius 2 is 1.90 bits per heavy atom. The highest BCUT2D eigenvalue weighted by atomic mass is 16.2. The average molecular weight is 296 g/mol. The Hall–Kier alpha value is -0.650. The summed E-state index contributed by atoms with van der Waals surface area (Å²) < 4.78 is 0. The average Bonchev–Trinajstić information content (AvgIpc) is 2.53. The van der Waals surface area contributed by atoms with E-state index in [4.69, 9.17) is 0 Å². The molecule has 0 aromatic heterocycles. The Balaban J connectivity index is 1.70. The third kappa shape index (κ3) is 4.94. The van der Waals surface area contributed by atoms with E-state index in [0.717, 1.165) is 39.0 Å².